The largest absolute Gasteiger partial charge is 0.481 e. The minimum Gasteiger partial charge on any atom is -0.481 e. The minimum atomic E-state index is -0.0522. The fourth-order valence-electron chi connectivity index (χ4n) is 1.96. The van der Waals surface area contributed by atoms with Crippen LogP contribution in [0.25, 0.3) is 6.08 Å². The van der Waals surface area contributed by atoms with Crippen LogP contribution in [0.4, 0.5) is 0 Å². The highest BCUT2D eigenvalue weighted by molar-refractivity contribution is 6.30. The van der Waals surface area contributed by atoms with Crippen LogP contribution in [-0.4, -0.2) is 0 Å². The van der Waals surface area contributed by atoms with Crippen molar-refractivity contribution in [2.45, 2.75) is 6.10 Å². The highest BCUT2D eigenvalue weighted by Crippen LogP contribution is 2.32. The molecule has 2 aromatic rings. The Labute approximate surface area is 105 Å². The summed E-state index contributed by atoms with van der Waals surface area (Å²) in [5.74, 6) is 0.917. The molecule has 1 nitrogen and oxygen atoms in total. The van der Waals surface area contributed by atoms with Crippen molar-refractivity contribution in [2.24, 2.45) is 0 Å². The zero-order valence-electron chi connectivity index (χ0n) is 9.14. The van der Waals surface area contributed by atoms with Gasteiger partial charge in [0.05, 0.1) is 0 Å². The second kappa shape index (κ2) is 4.27. The van der Waals surface area contributed by atoms with E-state index in [9.17, 15) is 0 Å². The van der Waals surface area contributed by atoms with Gasteiger partial charge in [-0.25, -0.2) is 0 Å². The number of rotatable bonds is 1. The maximum Gasteiger partial charge on any atom is 0.142 e. The first kappa shape index (κ1) is 10.4. The van der Waals surface area contributed by atoms with Gasteiger partial charge in [0.25, 0.3) is 0 Å². The number of fused-ring (bicyclic) bond motifs is 1. The molecule has 0 spiro atoms. The van der Waals surface area contributed by atoms with Gasteiger partial charge < -0.3 is 4.74 Å². The Morgan fingerprint density at radius 3 is 2.76 bits per heavy atom. The van der Waals surface area contributed by atoms with Crippen molar-refractivity contribution in [3.8, 4) is 5.75 Å². The SMILES string of the molecule is Clc1cccc([C@@H]2C=Cc3ccccc3O2)c1. The molecule has 0 aromatic heterocycles. The molecule has 0 unspecified atom stereocenters. The molecule has 84 valence electrons. The number of para-hydroxylation sites is 1. The average Bonchev–Trinajstić information content (AvgIpc) is 2.38. The van der Waals surface area contributed by atoms with Crippen LogP contribution >= 0.6 is 11.6 Å². The van der Waals surface area contributed by atoms with E-state index >= 15 is 0 Å². The Morgan fingerprint density at radius 2 is 1.88 bits per heavy atom. The first-order valence-corrected chi connectivity index (χ1v) is 5.90. The van der Waals surface area contributed by atoms with Crippen LogP contribution in [-0.2, 0) is 0 Å². The van der Waals surface area contributed by atoms with Crippen molar-refractivity contribution < 1.29 is 4.74 Å². The third-order valence-electron chi connectivity index (χ3n) is 2.80. The van der Waals surface area contributed by atoms with E-state index in [1.165, 1.54) is 0 Å². The van der Waals surface area contributed by atoms with Crippen LogP contribution in [0, 0.1) is 0 Å². The van der Waals surface area contributed by atoms with E-state index in [1.54, 1.807) is 0 Å². The quantitative estimate of drug-likeness (QED) is 0.716. The van der Waals surface area contributed by atoms with Crippen LogP contribution in [0.3, 0.4) is 0 Å². The molecule has 0 radical (unpaired) electrons. The smallest absolute Gasteiger partial charge is 0.142 e. The van der Waals surface area contributed by atoms with Crippen LogP contribution in [0.15, 0.2) is 54.6 Å². The lowest BCUT2D eigenvalue weighted by atomic mass is 10.0. The van der Waals surface area contributed by atoms with E-state index in [0.717, 1.165) is 21.9 Å². The molecule has 0 amide bonds. The van der Waals surface area contributed by atoms with Crippen molar-refractivity contribution in [1.82, 2.24) is 0 Å². The molecular weight excluding hydrogens is 232 g/mol. The zero-order valence-corrected chi connectivity index (χ0v) is 9.89. The summed E-state index contributed by atoms with van der Waals surface area (Å²) in [6, 6.07) is 15.8. The van der Waals surface area contributed by atoms with Crippen molar-refractivity contribution in [2.75, 3.05) is 0 Å². The summed E-state index contributed by atoms with van der Waals surface area (Å²) in [6.45, 7) is 0. The minimum absolute atomic E-state index is 0.0522. The van der Waals surface area contributed by atoms with Crippen LogP contribution in [0.1, 0.15) is 17.2 Å². The highest BCUT2D eigenvalue weighted by Gasteiger charge is 2.15. The van der Waals surface area contributed by atoms with Crippen molar-refractivity contribution in [1.29, 1.82) is 0 Å². The number of hydrogen-bond acceptors (Lipinski definition) is 1. The van der Waals surface area contributed by atoms with Gasteiger partial charge in [-0.2, -0.15) is 0 Å². The van der Waals surface area contributed by atoms with E-state index in [-0.39, 0.29) is 6.10 Å². The summed E-state index contributed by atoms with van der Waals surface area (Å²) in [4.78, 5) is 0. The average molecular weight is 243 g/mol. The molecule has 1 atom stereocenters. The predicted molar refractivity (Wildman–Crippen MR) is 70.3 cm³/mol. The molecule has 1 aliphatic heterocycles. The zero-order chi connectivity index (χ0) is 11.7. The first-order valence-electron chi connectivity index (χ1n) is 5.52. The van der Waals surface area contributed by atoms with E-state index in [1.807, 2.05) is 54.6 Å². The molecule has 0 fully saturated rings. The number of ether oxygens (including phenoxy) is 1. The van der Waals surface area contributed by atoms with Gasteiger partial charge in [-0.1, -0.05) is 48.0 Å². The van der Waals surface area contributed by atoms with Gasteiger partial charge in [-0.05, 0) is 29.8 Å². The normalized spacial score (nSPS) is 17.4. The summed E-state index contributed by atoms with van der Waals surface area (Å²) in [5.41, 5.74) is 2.19. The van der Waals surface area contributed by atoms with Gasteiger partial charge in [-0.3, -0.25) is 0 Å². The Kier molecular flexibility index (Phi) is 2.62. The number of hydrogen-bond donors (Lipinski definition) is 0. The highest BCUT2D eigenvalue weighted by atomic mass is 35.5. The Hall–Kier alpha value is -1.73. The third kappa shape index (κ3) is 2.06. The van der Waals surface area contributed by atoms with E-state index in [2.05, 4.69) is 6.08 Å². The van der Waals surface area contributed by atoms with Crippen LogP contribution in [0.5, 0.6) is 5.75 Å². The molecule has 2 heteroatoms. The second-order valence-electron chi connectivity index (χ2n) is 3.99. The van der Waals surface area contributed by atoms with Crippen LogP contribution in [0.2, 0.25) is 5.02 Å². The molecule has 1 aliphatic rings. The summed E-state index contributed by atoms with van der Waals surface area (Å²) in [7, 11) is 0. The molecule has 17 heavy (non-hydrogen) atoms. The fraction of sp³-hybridized carbons (Fsp3) is 0.0667. The van der Waals surface area contributed by atoms with Gasteiger partial charge in [0.15, 0.2) is 0 Å². The fourth-order valence-corrected chi connectivity index (χ4v) is 2.15. The van der Waals surface area contributed by atoms with Gasteiger partial charge in [0.1, 0.15) is 11.9 Å². The summed E-state index contributed by atoms with van der Waals surface area (Å²) in [5, 5.41) is 0.735. The molecule has 1 heterocycles. The van der Waals surface area contributed by atoms with E-state index in [0.29, 0.717) is 0 Å². The number of halogens is 1. The van der Waals surface area contributed by atoms with Gasteiger partial charge >= 0.3 is 0 Å². The topological polar surface area (TPSA) is 9.23 Å². The lowest BCUT2D eigenvalue weighted by Gasteiger charge is -2.21. The Morgan fingerprint density at radius 1 is 1.00 bits per heavy atom. The van der Waals surface area contributed by atoms with Crippen molar-refractivity contribution in [3.05, 3.63) is 70.8 Å². The summed E-state index contributed by atoms with van der Waals surface area (Å²) < 4.78 is 5.93. The van der Waals surface area contributed by atoms with Crippen LogP contribution < -0.4 is 4.74 Å². The lowest BCUT2D eigenvalue weighted by Crippen LogP contribution is -2.08. The van der Waals surface area contributed by atoms with Crippen molar-refractivity contribution >= 4 is 17.7 Å². The number of benzene rings is 2. The summed E-state index contributed by atoms with van der Waals surface area (Å²) in [6.07, 6.45) is 4.09. The van der Waals surface area contributed by atoms with Gasteiger partial charge in [0, 0.05) is 10.6 Å². The van der Waals surface area contributed by atoms with Crippen molar-refractivity contribution in [3.63, 3.8) is 0 Å². The maximum atomic E-state index is 5.98. The molecule has 0 bridgehead atoms. The molecule has 0 saturated heterocycles. The van der Waals surface area contributed by atoms with Gasteiger partial charge in [0.2, 0.25) is 0 Å². The maximum absolute atomic E-state index is 5.98. The molecule has 0 aliphatic carbocycles. The molecule has 0 N–H and O–H groups in total. The first-order chi connectivity index (χ1) is 8.33. The Balaban J connectivity index is 1.95. The molecule has 2 aromatic carbocycles. The second-order valence-corrected chi connectivity index (χ2v) is 4.43. The van der Waals surface area contributed by atoms with E-state index < -0.39 is 0 Å². The lowest BCUT2D eigenvalue weighted by molar-refractivity contribution is 0.252. The predicted octanol–water partition coefficient (Wildman–Crippen LogP) is 4.49. The van der Waals surface area contributed by atoms with Gasteiger partial charge in [-0.15, -0.1) is 0 Å². The molecular formula is C15H11ClO. The standard InChI is InChI=1S/C15H11ClO/c16-13-6-3-5-12(10-13)15-9-8-11-4-1-2-7-14(11)17-15/h1-10,15H/t15-/m0/s1. The monoisotopic (exact) mass is 242 g/mol. The Bertz CT molecular complexity index is 575. The summed E-state index contributed by atoms with van der Waals surface area (Å²) >= 11 is 5.98. The molecule has 3 rings (SSSR count). The molecule has 0 saturated carbocycles. The van der Waals surface area contributed by atoms with E-state index in [4.69, 9.17) is 16.3 Å². The third-order valence-corrected chi connectivity index (χ3v) is 3.04.